The van der Waals surface area contributed by atoms with Crippen LogP contribution in [0.15, 0.2) is 41.5 Å². The number of amidine groups is 1. The van der Waals surface area contributed by atoms with Crippen LogP contribution in [0.2, 0.25) is 0 Å². The van der Waals surface area contributed by atoms with E-state index in [1.54, 1.807) is 0 Å². The van der Waals surface area contributed by atoms with Crippen LogP contribution in [0.25, 0.3) is 12.4 Å². The van der Waals surface area contributed by atoms with E-state index in [-0.39, 0.29) is 0 Å². The van der Waals surface area contributed by atoms with Gasteiger partial charge in [-0.3, -0.25) is 0 Å². The van der Waals surface area contributed by atoms with E-state index >= 15 is 0 Å². The van der Waals surface area contributed by atoms with Gasteiger partial charge in [-0.25, -0.2) is 9.79 Å². The van der Waals surface area contributed by atoms with E-state index in [1.165, 1.54) is 0 Å². The number of hydrogen-bond acceptors (Lipinski definition) is 4. The Morgan fingerprint density at radius 2 is 1.77 bits per heavy atom. The van der Waals surface area contributed by atoms with Crippen LogP contribution in [0.3, 0.4) is 0 Å². The van der Waals surface area contributed by atoms with Crippen molar-refractivity contribution in [2.75, 3.05) is 6.54 Å². The van der Waals surface area contributed by atoms with Gasteiger partial charge in [0.15, 0.2) is 5.82 Å². The summed E-state index contributed by atoms with van der Waals surface area (Å²) in [4.78, 5) is 16.4. The lowest BCUT2D eigenvalue weighted by atomic mass is 10.1. The fourth-order valence-corrected chi connectivity index (χ4v) is 2.95. The normalized spacial score (nSPS) is 13.0. The second-order valence-electron chi connectivity index (χ2n) is 8.33. The number of ether oxygens (including phenoxy) is 1. The van der Waals surface area contributed by atoms with E-state index in [0.29, 0.717) is 25.3 Å². The SMILES string of the molecule is C=c1ccn(Cc2ccc(CNC(=O)OC(C)(C)C)cc2)/c1=C(/N=C(/N)CC)NCC. The van der Waals surface area contributed by atoms with Crippen LogP contribution in [0.1, 0.15) is 52.2 Å². The minimum Gasteiger partial charge on any atom is -0.444 e. The van der Waals surface area contributed by atoms with E-state index < -0.39 is 11.7 Å². The number of amides is 1. The van der Waals surface area contributed by atoms with Crippen molar-refractivity contribution in [3.05, 3.63) is 58.2 Å². The highest BCUT2D eigenvalue weighted by atomic mass is 16.6. The van der Waals surface area contributed by atoms with Crippen LogP contribution in [-0.2, 0) is 17.8 Å². The molecule has 168 valence electrons. The maximum absolute atomic E-state index is 11.8. The predicted molar refractivity (Wildman–Crippen MR) is 127 cm³/mol. The molecule has 1 aromatic heterocycles. The molecule has 0 saturated heterocycles. The summed E-state index contributed by atoms with van der Waals surface area (Å²) in [7, 11) is 0. The number of rotatable bonds is 8. The molecule has 0 unspecified atom stereocenters. The summed E-state index contributed by atoms with van der Waals surface area (Å²) < 4.78 is 7.38. The summed E-state index contributed by atoms with van der Waals surface area (Å²) in [5.41, 5.74) is 7.60. The second-order valence-corrected chi connectivity index (χ2v) is 8.33. The highest BCUT2D eigenvalue weighted by molar-refractivity contribution is 5.83. The lowest BCUT2D eigenvalue weighted by molar-refractivity contribution is 0.0523. The van der Waals surface area contributed by atoms with Crippen molar-refractivity contribution < 1.29 is 9.53 Å². The topological polar surface area (TPSA) is 93.7 Å². The van der Waals surface area contributed by atoms with E-state index in [1.807, 2.05) is 59.0 Å². The number of nitrogens with two attached hydrogens (primary N) is 1. The predicted octanol–water partition coefficient (Wildman–Crippen LogP) is 2.41. The molecule has 0 bridgehead atoms. The lowest BCUT2D eigenvalue weighted by Gasteiger charge is -2.19. The Labute approximate surface area is 184 Å². The first-order valence-electron chi connectivity index (χ1n) is 10.6. The minimum absolute atomic E-state index is 0.413. The van der Waals surface area contributed by atoms with Crippen LogP contribution in [0, 0.1) is 0 Å². The number of hydrogen-bond donors (Lipinski definition) is 3. The number of carbonyl (C=O) groups excluding carboxylic acids is 1. The Morgan fingerprint density at radius 3 is 2.35 bits per heavy atom. The molecule has 7 heteroatoms. The Balaban J connectivity index is 2.18. The zero-order valence-corrected chi connectivity index (χ0v) is 19.3. The molecular weight excluding hydrogens is 390 g/mol. The second kappa shape index (κ2) is 10.7. The average molecular weight is 426 g/mol. The van der Waals surface area contributed by atoms with Crippen LogP contribution in [-0.4, -0.2) is 28.6 Å². The van der Waals surface area contributed by atoms with Gasteiger partial charge < -0.3 is 25.7 Å². The molecular formula is C24H35N5O2. The Hall–Kier alpha value is -3.22. The summed E-state index contributed by atoms with van der Waals surface area (Å²) in [6.45, 7) is 15.5. The van der Waals surface area contributed by atoms with Crippen LogP contribution in [0.5, 0.6) is 0 Å². The molecule has 31 heavy (non-hydrogen) atoms. The number of nitrogens with zero attached hydrogens (tertiary/aromatic N) is 2. The summed E-state index contributed by atoms with van der Waals surface area (Å²) in [6.07, 6.45) is 2.26. The molecule has 0 fully saturated rings. The molecule has 0 spiro atoms. The standard InChI is InChI=1S/C24H35N5O2/c1-7-20(25)28-22(26-8-2)21-17(3)13-14-29(21)16-19-11-9-18(10-12-19)15-27-23(30)31-24(4,5)6/h9-14,26H,3,7-8,15-16H2,1-2,4-6H3,(H2,25,28)(H,27,30)/b22-21+. The first-order chi connectivity index (χ1) is 14.6. The summed E-state index contributed by atoms with van der Waals surface area (Å²) in [6, 6.07) is 10.1. The van der Waals surface area contributed by atoms with Crippen molar-refractivity contribution in [3.8, 4) is 0 Å². The van der Waals surface area contributed by atoms with Crippen LogP contribution in [0.4, 0.5) is 4.79 Å². The fraction of sp³-hybridized carbons (Fsp3) is 0.417. The third-order valence-electron chi connectivity index (χ3n) is 4.44. The fourth-order valence-electron chi connectivity index (χ4n) is 2.95. The largest absolute Gasteiger partial charge is 0.444 e. The highest BCUT2D eigenvalue weighted by Gasteiger charge is 2.15. The maximum Gasteiger partial charge on any atom is 0.407 e. The first kappa shape index (κ1) is 24.1. The Bertz CT molecular complexity index is 1010. The molecule has 1 aromatic carbocycles. The molecule has 1 heterocycles. The number of alkyl carbamates (subject to hydrolysis) is 1. The molecule has 1 amide bonds. The molecule has 0 atom stereocenters. The zero-order chi connectivity index (χ0) is 23.0. The molecule has 2 aromatic rings. The van der Waals surface area contributed by atoms with Gasteiger partial charge in [-0.1, -0.05) is 37.8 Å². The third kappa shape index (κ3) is 7.51. The van der Waals surface area contributed by atoms with Crippen molar-refractivity contribution >= 4 is 24.3 Å². The zero-order valence-electron chi connectivity index (χ0n) is 19.3. The first-order valence-corrected chi connectivity index (χ1v) is 10.6. The number of benzene rings is 1. The van der Waals surface area contributed by atoms with Crippen molar-refractivity contribution in [1.82, 2.24) is 15.2 Å². The molecule has 0 aliphatic carbocycles. The summed E-state index contributed by atoms with van der Waals surface area (Å²) in [5.74, 6) is 1.31. The molecule has 2 rings (SSSR count). The molecule has 0 aliphatic heterocycles. The number of carbonyl (C=O) groups is 1. The van der Waals surface area contributed by atoms with E-state index in [4.69, 9.17) is 10.5 Å². The number of aliphatic imine (C=N–C) groups is 1. The van der Waals surface area contributed by atoms with Gasteiger partial charge in [-0.15, -0.1) is 0 Å². The van der Waals surface area contributed by atoms with Gasteiger partial charge >= 0.3 is 6.09 Å². The lowest BCUT2D eigenvalue weighted by Crippen LogP contribution is -2.35. The molecule has 0 aliphatic rings. The summed E-state index contributed by atoms with van der Waals surface area (Å²) >= 11 is 0. The summed E-state index contributed by atoms with van der Waals surface area (Å²) in [5, 5.41) is 7.90. The van der Waals surface area contributed by atoms with Crippen molar-refractivity contribution in [2.24, 2.45) is 10.7 Å². The van der Waals surface area contributed by atoms with Gasteiger partial charge in [0.25, 0.3) is 0 Å². The van der Waals surface area contributed by atoms with E-state index in [0.717, 1.165) is 34.1 Å². The minimum atomic E-state index is -0.510. The third-order valence-corrected chi connectivity index (χ3v) is 4.44. The highest BCUT2D eigenvalue weighted by Crippen LogP contribution is 2.08. The van der Waals surface area contributed by atoms with Gasteiger partial charge in [0.2, 0.25) is 0 Å². The monoisotopic (exact) mass is 425 g/mol. The average Bonchev–Trinajstić information content (AvgIpc) is 3.05. The van der Waals surface area contributed by atoms with Gasteiger partial charge in [0, 0.05) is 32.3 Å². The van der Waals surface area contributed by atoms with Gasteiger partial charge in [0.05, 0.1) is 5.35 Å². The van der Waals surface area contributed by atoms with Gasteiger partial charge in [-0.2, -0.15) is 0 Å². The van der Waals surface area contributed by atoms with Crippen molar-refractivity contribution in [3.63, 3.8) is 0 Å². The van der Waals surface area contributed by atoms with Gasteiger partial charge in [0.1, 0.15) is 11.4 Å². The molecule has 4 N–H and O–H groups in total. The van der Waals surface area contributed by atoms with E-state index in [2.05, 4.69) is 38.9 Å². The quantitative estimate of drug-likeness (QED) is 0.447. The van der Waals surface area contributed by atoms with Crippen LogP contribution < -0.4 is 26.9 Å². The molecule has 0 radical (unpaired) electrons. The smallest absolute Gasteiger partial charge is 0.407 e. The molecule has 7 nitrogen and oxygen atoms in total. The Kier molecular flexibility index (Phi) is 8.30. The van der Waals surface area contributed by atoms with Crippen LogP contribution >= 0.6 is 0 Å². The van der Waals surface area contributed by atoms with Crippen molar-refractivity contribution in [2.45, 2.75) is 59.7 Å². The van der Waals surface area contributed by atoms with E-state index in [9.17, 15) is 4.79 Å². The van der Waals surface area contributed by atoms with Crippen molar-refractivity contribution in [1.29, 1.82) is 0 Å². The number of nitrogens with one attached hydrogen (secondary N) is 2. The number of aromatic nitrogens is 1. The molecule has 0 saturated carbocycles. The Morgan fingerprint density at radius 1 is 1.13 bits per heavy atom. The maximum atomic E-state index is 11.8. The van der Waals surface area contributed by atoms with Gasteiger partial charge in [-0.05, 0) is 50.1 Å².